The lowest BCUT2D eigenvalue weighted by molar-refractivity contribution is -0.678. The van der Waals surface area contributed by atoms with Crippen molar-refractivity contribution in [3.63, 3.8) is 0 Å². The largest absolute Gasteiger partial charge is 0.506 e. The number of fused-ring (bicyclic) bond motifs is 2. The summed E-state index contributed by atoms with van der Waals surface area (Å²) in [5.41, 5.74) is 6.47. The van der Waals surface area contributed by atoms with Gasteiger partial charge in [0.05, 0.1) is 38.6 Å². The molecule has 8 heteroatoms. The van der Waals surface area contributed by atoms with Crippen LogP contribution >= 0.6 is 23.2 Å². The number of aliphatic hydroxyl groups is 1. The lowest BCUT2D eigenvalue weighted by Crippen LogP contribution is -2.36. The zero-order chi connectivity index (χ0) is 39.4. The van der Waals surface area contributed by atoms with E-state index in [0.29, 0.717) is 28.1 Å². The molecular formula is C48H60Cl2N3O3+. The van der Waals surface area contributed by atoms with Gasteiger partial charge in [-0.05, 0) is 55.2 Å². The Balaban J connectivity index is 1.27. The molecule has 0 bridgehead atoms. The number of Topliss-reactive ketones (excluding diaryl/α,β-unsaturated/α-hetero) is 1. The van der Waals surface area contributed by atoms with Gasteiger partial charge in [0.1, 0.15) is 11.6 Å². The Morgan fingerprint density at radius 2 is 1.27 bits per heavy atom. The molecule has 0 amide bonds. The van der Waals surface area contributed by atoms with E-state index in [-0.39, 0.29) is 17.1 Å². The molecule has 1 aliphatic heterocycles. The number of halogens is 2. The van der Waals surface area contributed by atoms with Gasteiger partial charge in [0, 0.05) is 25.6 Å². The number of hydrogen-bond acceptors (Lipinski definition) is 5. The van der Waals surface area contributed by atoms with Crippen LogP contribution in [0.2, 0.25) is 10.0 Å². The normalized spacial score (nSPS) is 15.6. The van der Waals surface area contributed by atoms with E-state index in [4.69, 9.17) is 27.6 Å². The first-order valence-electron chi connectivity index (χ1n) is 21.3. The summed E-state index contributed by atoms with van der Waals surface area (Å²) in [4.78, 5) is 18.3. The van der Waals surface area contributed by atoms with Crippen molar-refractivity contribution in [3.05, 3.63) is 105 Å². The average molecular weight is 798 g/mol. The van der Waals surface area contributed by atoms with Gasteiger partial charge in [-0.1, -0.05) is 157 Å². The predicted molar refractivity (Wildman–Crippen MR) is 235 cm³/mol. The standard InChI is InChI=1S/C48H59Cl2N3O3/c1-4-7-9-11-13-15-17-22-28-52-42-34-40(50)39(49)33-41(42)51(6-3)45(52)31-37-47(54)38(48(37)55)32-46-53(29-23-18-16-14-12-10-8-5-2)43-30-36(26-27-44(43)56-46)35-24-20-19-21-25-35/h19-21,24-27,30-34H,4-18,22-23,28-29H2,1-3H3/p+1. The molecule has 298 valence electrons. The Morgan fingerprint density at radius 3 is 1.88 bits per heavy atom. The first-order valence-corrected chi connectivity index (χ1v) is 22.1. The summed E-state index contributed by atoms with van der Waals surface area (Å²) in [5, 5.41) is 12.5. The molecule has 0 atom stereocenters. The number of carbonyl (C=O) groups excluding carboxylic acids is 1. The van der Waals surface area contributed by atoms with Crippen LogP contribution in [0.5, 0.6) is 0 Å². The summed E-state index contributed by atoms with van der Waals surface area (Å²) < 4.78 is 8.61. The van der Waals surface area contributed by atoms with Crippen molar-refractivity contribution < 1.29 is 18.9 Å². The third kappa shape index (κ3) is 9.74. The highest BCUT2D eigenvalue weighted by atomic mass is 35.5. The average Bonchev–Trinajstić information content (AvgIpc) is 3.70. The van der Waals surface area contributed by atoms with Crippen LogP contribution in [0.15, 0.2) is 93.9 Å². The molecule has 6 rings (SSSR count). The molecule has 2 heterocycles. The van der Waals surface area contributed by atoms with Crippen LogP contribution < -0.4 is 14.4 Å². The topological polar surface area (TPSA) is 60.8 Å². The number of aliphatic hydroxyl groups excluding tert-OH is 1. The molecule has 0 saturated carbocycles. The van der Waals surface area contributed by atoms with Crippen molar-refractivity contribution in [1.29, 1.82) is 0 Å². The van der Waals surface area contributed by atoms with Crippen LogP contribution in [0.25, 0.3) is 28.3 Å². The van der Waals surface area contributed by atoms with Gasteiger partial charge in [-0.2, -0.15) is 4.57 Å². The number of unbranched alkanes of at least 4 members (excludes halogenated alkanes) is 14. The van der Waals surface area contributed by atoms with E-state index in [1.807, 2.05) is 42.5 Å². The summed E-state index contributed by atoms with van der Waals surface area (Å²) in [6.45, 7) is 8.78. The molecule has 1 N–H and O–H groups in total. The van der Waals surface area contributed by atoms with Gasteiger partial charge < -0.3 is 19.3 Å². The van der Waals surface area contributed by atoms with Gasteiger partial charge in [0.15, 0.2) is 6.54 Å². The van der Waals surface area contributed by atoms with Crippen LogP contribution in [-0.4, -0.2) is 24.0 Å². The number of hydrogen-bond donors (Lipinski definition) is 1. The van der Waals surface area contributed by atoms with Gasteiger partial charge in [0.2, 0.25) is 11.4 Å². The fourth-order valence-electron chi connectivity index (χ4n) is 8.09. The van der Waals surface area contributed by atoms with Crippen LogP contribution in [0.4, 0.5) is 11.4 Å². The Labute approximate surface area is 344 Å². The molecule has 2 aliphatic rings. The van der Waals surface area contributed by atoms with E-state index >= 15 is 0 Å². The summed E-state index contributed by atoms with van der Waals surface area (Å²) >= 11 is 13.1. The number of rotatable bonds is 22. The van der Waals surface area contributed by atoms with Gasteiger partial charge in [-0.3, -0.25) is 4.79 Å². The highest BCUT2D eigenvalue weighted by Gasteiger charge is 2.38. The second kappa shape index (κ2) is 20.4. The number of ketones is 1. The third-order valence-corrected chi connectivity index (χ3v) is 12.0. The Morgan fingerprint density at radius 1 is 0.679 bits per heavy atom. The molecule has 0 unspecified atom stereocenters. The lowest BCUT2D eigenvalue weighted by Gasteiger charge is -2.27. The smallest absolute Gasteiger partial charge is 0.374 e. The molecule has 3 aromatic carbocycles. The Bertz CT molecular complexity index is 2050. The highest BCUT2D eigenvalue weighted by Crippen LogP contribution is 2.47. The van der Waals surface area contributed by atoms with Gasteiger partial charge in [0.25, 0.3) is 5.52 Å². The third-order valence-electron chi connectivity index (χ3n) is 11.3. The maximum atomic E-state index is 14.0. The number of allylic oxidation sites excluding steroid dienone is 3. The van der Waals surface area contributed by atoms with Gasteiger partial charge in [-0.25, -0.2) is 0 Å². The lowest BCUT2D eigenvalue weighted by atomic mass is 9.87. The van der Waals surface area contributed by atoms with Crippen molar-refractivity contribution in [2.45, 2.75) is 130 Å². The van der Waals surface area contributed by atoms with E-state index < -0.39 is 0 Å². The zero-order valence-corrected chi connectivity index (χ0v) is 35.2. The van der Waals surface area contributed by atoms with E-state index in [1.54, 1.807) is 6.08 Å². The molecule has 1 aromatic heterocycles. The molecule has 6 nitrogen and oxygen atoms in total. The molecule has 1 aliphatic carbocycles. The highest BCUT2D eigenvalue weighted by molar-refractivity contribution is 6.42. The van der Waals surface area contributed by atoms with Crippen molar-refractivity contribution in [3.8, 4) is 11.1 Å². The molecule has 0 fully saturated rings. The van der Waals surface area contributed by atoms with E-state index in [1.165, 1.54) is 77.0 Å². The van der Waals surface area contributed by atoms with Crippen LogP contribution in [0, 0.1) is 0 Å². The summed E-state index contributed by atoms with van der Waals surface area (Å²) in [7, 11) is 0. The minimum atomic E-state index is -0.200. The maximum absolute atomic E-state index is 14.0. The minimum absolute atomic E-state index is 0.0123. The van der Waals surface area contributed by atoms with Crippen molar-refractivity contribution in [2.75, 3.05) is 22.9 Å². The molecule has 4 aromatic rings. The second-order valence-electron chi connectivity index (χ2n) is 15.4. The Kier molecular flexibility index (Phi) is 15.2. The van der Waals surface area contributed by atoms with Crippen LogP contribution in [0.3, 0.4) is 0 Å². The van der Waals surface area contributed by atoms with Crippen LogP contribution in [0.1, 0.15) is 129 Å². The molecule has 0 saturated heterocycles. The maximum Gasteiger partial charge on any atom is 0.374 e. The number of nitrogens with zero attached hydrogens (tertiary/aromatic N) is 3. The second-order valence-corrected chi connectivity index (χ2v) is 16.2. The number of oxazole rings is 1. The number of anilines is 2. The summed E-state index contributed by atoms with van der Waals surface area (Å²) in [5.74, 6) is 1.20. The predicted octanol–water partition coefficient (Wildman–Crippen LogP) is 13.9. The van der Waals surface area contributed by atoms with E-state index in [9.17, 15) is 9.90 Å². The number of aromatic nitrogens is 1. The van der Waals surface area contributed by atoms with Crippen molar-refractivity contribution in [2.24, 2.45) is 0 Å². The zero-order valence-electron chi connectivity index (χ0n) is 33.7. The SMILES string of the molecule is CCCCCCCCCCN1C(=CC2=C(O)C(=Cc3oc4ccc(-c5ccccc5)cc4[n+]3CCCCCCCCCC)C2=O)N(CC)c2cc(Cl)c(Cl)cc21. The van der Waals surface area contributed by atoms with E-state index in [0.717, 1.165) is 78.2 Å². The first-order chi connectivity index (χ1) is 27.4. The Hall–Kier alpha value is -4.00. The van der Waals surface area contributed by atoms with Crippen LogP contribution in [-0.2, 0) is 11.3 Å². The summed E-state index contributed by atoms with van der Waals surface area (Å²) in [6.07, 6.45) is 23.1. The number of benzene rings is 3. The fourth-order valence-corrected chi connectivity index (χ4v) is 8.41. The summed E-state index contributed by atoms with van der Waals surface area (Å²) in [6, 6.07) is 20.4. The quantitative estimate of drug-likeness (QED) is 0.0487. The molecule has 0 radical (unpaired) electrons. The fraction of sp³-hybridized carbons (Fsp3) is 0.458. The molecule has 56 heavy (non-hydrogen) atoms. The first kappa shape index (κ1) is 41.6. The number of carbonyl (C=O) groups is 1. The monoisotopic (exact) mass is 796 g/mol. The molecule has 0 spiro atoms. The van der Waals surface area contributed by atoms with Gasteiger partial charge in [-0.15, -0.1) is 0 Å². The minimum Gasteiger partial charge on any atom is -0.506 e. The van der Waals surface area contributed by atoms with Crippen molar-refractivity contribution in [1.82, 2.24) is 0 Å². The number of aryl methyl sites for hydroxylation is 1. The molecular weight excluding hydrogens is 737 g/mol. The van der Waals surface area contributed by atoms with E-state index in [2.05, 4.69) is 59.4 Å². The van der Waals surface area contributed by atoms with Gasteiger partial charge >= 0.3 is 5.89 Å². The van der Waals surface area contributed by atoms with Crippen molar-refractivity contribution >= 4 is 57.5 Å².